The van der Waals surface area contributed by atoms with E-state index in [9.17, 15) is 9.59 Å². The van der Waals surface area contributed by atoms with E-state index >= 15 is 0 Å². The minimum absolute atomic E-state index is 0.0711. The van der Waals surface area contributed by atoms with Crippen LogP contribution in [0.25, 0.3) is 0 Å². The Labute approximate surface area is 179 Å². The zero-order valence-electron chi connectivity index (χ0n) is 16.7. The van der Waals surface area contributed by atoms with Crippen LogP contribution in [0.2, 0.25) is 0 Å². The highest BCUT2D eigenvalue weighted by atomic mass is 32.1. The molecule has 0 saturated heterocycles. The van der Waals surface area contributed by atoms with Crippen LogP contribution >= 0.6 is 11.3 Å². The van der Waals surface area contributed by atoms with Crippen molar-refractivity contribution in [2.75, 3.05) is 5.32 Å². The normalized spacial score (nSPS) is 13.0. The molecule has 2 amide bonds. The van der Waals surface area contributed by atoms with E-state index < -0.39 is 0 Å². The van der Waals surface area contributed by atoms with Gasteiger partial charge < -0.3 is 15.4 Å². The summed E-state index contributed by atoms with van der Waals surface area (Å²) in [7, 11) is 0. The number of carbonyl (C=O) groups excluding carboxylic acids is 2. The topological polar surface area (TPSA) is 80.3 Å². The Kier molecular flexibility index (Phi) is 6.09. The maximum Gasteiger partial charge on any atom is 0.251 e. The van der Waals surface area contributed by atoms with E-state index in [1.54, 1.807) is 24.3 Å². The summed E-state index contributed by atoms with van der Waals surface area (Å²) < 4.78 is 5.73. The van der Waals surface area contributed by atoms with Crippen LogP contribution in [0.5, 0.6) is 5.75 Å². The number of ether oxygens (including phenoxy) is 1. The third kappa shape index (κ3) is 5.67. The lowest BCUT2D eigenvalue weighted by atomic mass is 10.2. The number of aryl methyl sites for hydroxylation is 1. The first kappa shape index (κ1) is 20.1. The monoisotopic (exact) mass is 421 g/mol. The fraction of sp³-hybridized carbons (Fsp3) is 0.261. The number of hydrogen-bond donors (Lipinski definition) is 2. The molecule has 2 aromatic carbocycles. The van der Waals surface area contributed by atoms with Gasteiger partial charge in [0.1, 0.15) is 17.4 Å². The average molecular weight is 422 g/mol. The zero-order valence-corrected chi connectivity index (χ0v) is 17.5. The number of amides is 2. The van der Waals surface area contributed by atoms with Crippen LogP contribution < -0.4 is 15.4 Å². The number of carbonyl (C=O) groups is 2. The molecule has 2 N–H and O–H groups in total. The van der Waals surface area contributed by atoms with Crippen molar-refractivity contribution < 1.29 is 14.3 Å². The van der Waals surface area contributed by atoms with Gasteiger partial charge in [-0.1, -0.05) is 17.7 Å². The van der Waals surface area contributed by atoms with Crippen LogP contribution in [0.4, 0.5) is 5.69 Å². The maximum atomic E-state index is 12.3. The van der Waals surface area contributed by atoms with E-state index in [1.165, 1.54) is 16.9 Å². The Morgan fingerprint density at radius 2 is 1.83 bits per heavy atom. The van der Waals surface area contributed by atoms with Gasteiger partial charge in [-0.05, 0) is 56.2 Å². The van der Waals surface area contributed by atoms with Crippen molar-refractivity contribution in [3.8, 4) is 5.75 Å². The second-order valence-corrected chi connectivity index (χ2v) is 8.33. The van der Waals surface area contributed by atoms with Gasteiger partial charge in [-0.3, -0.25) is 9.59 Å². The lowest BCUT2D eigenvalue weighted by Gasteiger charge is -2.06. The summed E-state index contributed by atoms with van der Waals surface area (Å²) >= 11 is 1.47. The predicted molar refractivity (Wildman–Crippen MR) is 117 cm³/mol. The molecule has 0 aliphatic heterocycles. The molecule has 1 fully saturated rings. The molecule has 6 nitrogen and oxygen atoms in total. The molecule has 0 atom stereocenters. The summed E-state index contributed by atoms with van der Waals surface area (Å²) in [4.78, 5) is 28.8. The van der Waals surface area contributed by atoms with Gasteiger partial charge in [-0.15, -0.1) is 11.3 Å². The molecular formula is C23H23N3O3S. The fourth-order valence-corrected chi connectivity index (χ4v) is 3.55. The largest absolute Gasteiger partial charge is 0.486 e. The first-order chi connectivity index (χ1) is 14.5. The van der Waals surface area contributed by atoms with E-state index in [1.807, 2.05) is 36.6 Å². The third-order valence-electron chi connectivity index (χ3n) is 4.67. The van der Waals surface area contributed by atoms with Crippen molar-refractivity contribution in [1.82, 2.24) is 10.3 Å². The second-order valence-electron chi connectivity index (χ2n) is 7.38. The van der Waals surface area contributed by atoms with E-state index in [0.717, 1.165) is 23.6 Å². The molecule has 1 aromatic heterocycles. The molecule has 154 valence electrons. The van der Waals surface area contributed by atoms with Crippen molar-refractivity contribution >= 4 is 28.8 Å². The van der Waals surface area contributed by atoms with Crippen LogP contribution in [-0.4, -0.2) is 22.8 Å². The Hall–Kier alpha value is -3.19. The highest BCUT2D eigenvalue weighted by molar-refractivity contribution is 7.09. The summed E-state index contributed by atoms with van der Waals surface area (Å²) in [6.45, 7) is 2.40. The molecule has 0 bridgehead atoms. The highest BCUT2D eigenvalue weighted by Gasteiger charge is 2.23. The van der Waals surface area contributed by atoms with Gasteiger partial charge in [-0.2, -0.15) is 0 Å². The van der Waals surface area contributed by atoms with Gasteiger partial charge in [0.15, 0.2) is 0 Å². The molecule has 4 rings (SSSR count). The SMILES string of the molecule is Cc1ccc(OCc2nc(CC(=O)Nc3ccc(C(=O)NC4CC4)cc3)cs2)cc1. The van der Waals surface area contributed by atoms with Gasteiger partial charge in [0.2, 0.25) is 5.91 Å². The van der Waals surface area contributed by atoms with Gasteiger partial charge in [0.25, 0.3) is 5.91 Å². The molecule has 0 unspecified atom stereocenters. The third-order valence-corrected chi connectivity index (χ3v) is 5.54. The smallest absolute Gasteiger partial charge is 0.251 e. The Morgan fingerprint density at radius 1 is 1.10 bits per heavy atom. The van der Waals surface area contributed by atoms with Gasteiger partial charge in [0, 0.05) is 22.7 Å². The molecule has 3 aromatic rings. The molecule has 1 saturated carbocycles. The lowest BCUT2D eigenvalue weighted by molar-refractivity contribution is -0.115. The number of nitrogens with one attached hydrogen (secondary N) is 2. The Balaban J connectivity index is 1.25. The number of benzene rings is 2. The summed E-state index contributed by atoms with van der Waals surface area (Å²) in [5.74, 6) is 0.573. The zero-order chi connectivity index (χ0) is 20.9. The minimum atomic E-state index is -0.151. The number of thiazole rings is 1. The second kappa shape index (κ2) is 9.09. The summed E-state index contributed by atoms with van der Waals surface area (Å²) in [6, 6.07) is 15.1. The van der Waals surface area contributed by atoms with Crippen LogP contribution in [0.1, 0.15) is 39.5 Å². The number of hydrogen-bond acceptors (Lipinski definition) is 5. The van der Waals surface area contributed by atoms with Gasteiger partial charge in [-0.25, -0.2) is 4.98 Å². The fourth-order valence-electron chi connectivity index (χ4n) is 2.85. The van der Waals surface area contributed by atoms with Crippen LogP contribution in [-0.2, 0) is 17.8 Å². The van der Waals surface area contributed by atoms with E-state index in [4.69, 9.17) is 4.74 Å². The van der Waals surface area contributed by atoms with Crippen molar-refractivity contribution in [2.24, 2.45) is 0 Å². The maximum absolute atomic E-state index is 12.3. The summed E-state index contributed by atoms with van der Waals surface area (Å²) in [5, 5.41) is 8.49. The van der Waals surface area contributed by atoms with Crippen LogP contribution in [0, 0.1) is 6.92 Å². The molecule has 7 heteroatoms. The number of nitrogens with zero attached hydrogens (tertiary/aromatic N) is 1. The van der Waals surface area contributed by atoms with Crippen molar-refractivity contribution in [2.45, 2.75) is 38.8 Å². The van der Waals surface area contributed by atoms with Gasteiger partial charge in [0.05, 0.1) is 12.1 Å². The molecule has 30 heavy (non-hydrogen) atoms. The predicted octanol–water partition coefficient (Wildman–Crippen LogP) is 4.10. The molecular weight excluding hydrogens is 398 g/mol. The van der Waals surface area contributed by atoms with Crippen LogP contribution in [0.3, 0.4) is 0 Å². The average Bonchev–Trinajstić information content (AvgIpc) is 3.44. The van der Waals surface area contributed by atoms with Crippen molar-refractivity contribution in [3.63, 3.8) is 0 Å². The number of anilines is 1. The molecule has 1 heterocycles. The van der Waals surface area contributed by atoms with Gasteiger partial charge >= 0.3 is 0 Å². The summed E-state index contributed by atoms with van der Waals surface area (Å²) in [6.07, 6.45) is 2.29. The Bertz CT molecular complexity index is 1020. The first-order valence-electron chi connectivity index (χ1n) is 9.89. The summed E-state index contributed by atoms with van der Waals surface area (Å²) in [5.41, 5.74) is 3.14. The minimum Gasteiger partial charge on any atom is -0.486 e. The van der Waals surface area contributed by atoms with Crippen molar-refractivity contribution in [1.29, 1.82) is 0 Å². The number of aromatic nitrogens is 1. The highest BCUT2D eigenvalue weighted by Crippen LogP contribution is 2.20. The number of rotatable bonds is 8. The first-order valence-corrected chi connectivity index (χ1v) is 10.8. The molecule has 1 aliphatic rings. The van der Waals surface area contributed by atoms with Crippen molar-refractivity contribution in [3.05, 3.63) is 75.7 Å². The van der Waals surface area contributed by atoms with E-state index in [0.29, 0.717) is 29.6 Å². The lowest BCUT2D eigenvalue weighted by Crippen LogP contribution is -2.25. The van der Waals surface area contributed by atoms with Crippen LogP contribution in [0.15, 0.2) is 53.9 Å². The molecule has 0 radical (unpaired) electrons. The molecule has 1 aliphatic carbocycles. The molecule has 0 spiro atoms. The Morgan fingerprint density at radius 3 is 2.53 bits per heavy atom. The van der Waals surface area contributed by atoms with E-state index in [2.05, 4.69) is 15.6 Å². The standard InChI is InChI=1S/C23H23N3O3S/c1-15-2-10-20(11-3-15)29-13-22-25-19(14-30-22)12-21(27)24-17-6-4-16(5-7-17)23(28)26-18-8-9-18/h2-7,10-11,14,18H,8-9,12-13H2,1H3,(H,24,27)(H,26,28). The quantitative estimate of drug-likeness (QED) is 0.574. The van der Waals surface area contributed by atoms with E-state index in [-0.39, 0.29) is 18.2 Å².